The van der Waals surface area contributed by atoms with Gasteiger partial charge in [-0.3, -0.25) is 4.98 Å². The molecule has 0 saturated heterocycles. The van der Waals surface area contributed by atoms with Gasteiger partial charge in [-0.2, -0.15) is 5.10 Å². The first-order chi connectivity index (χ1) is 12.2. The lowest BCUT2D eigenvalue weighted by molar-refractivity contribution is 0.170. The van der Waals surface area contributed by atoms with E-state index in [0.29, 0.717) is 13.0 Å². The van der Waals surface area contributed by atoms with Gasteiger partial charge in [0.15, 0.2) is 0 Å². The minimum Gasteiger partial charge on any atom is -0.372 e. The van der Waals surface area contributed by atoms with E-state index in [-0.39, 0.29) is 0 Å². The van der Waals surface area contributed by atoms with Gasteiger partial charge in [0, 0.05) is 30.6 Å². The van der Waals surface area contributed by atoms with E-state index in [2.05, 4.69) is 15.4 Å². The zero-order valence-electron chi connectivity index (χ0n) is 14.2. The molecule has 0 spiro atoms. The molecule has 4 N–H and O–H groups in total. The molecule has 1 aromatic carbocycles. The second-order valence-electron chi connectivity index (χ2n) is 5.91. The molecule has 2 heterocycles. The number of hydrogen-bond acceptors (Lipinski definition) is 5. The fraction of sp³-hybridized carbons (Fsp3) is 0.263. The summed E-state index contributed by atoms with van der Waals surface area (Å²) in [5.41, 5.74) is 9.06. The number of benzene rings is 1. The van der Waals surface area contributed by atoms with E-state index in [1.807, 2.05) is 60.1 Å². The first kappa shape index (κ1) is 17.1. The maximum absolute atomic E-state index is 10.4. The molecule has 0 fully saturated rings. The summed E-state index contributed by atoms with van der Waals surface area (Å²) in [6.07, 6.45) is 3.19. The highest BCUT2D eigenvalue weighted by atomic mass is 16.3. The molecule has 130 valence electrons. The number of nitrogens with one attached hydrogen (secondary N) is 1. The van der Waals surface area contributed by atoms with Crippen molar-refractivity contribution >= 4 is 5.82 Å². The number of aryl methyl sites for hydroxylation is 1. The monoisotopic (exact) mass is 337 g/mol. The molecule has 2 aromatic heterocycles. The van der Waals surface area contributed by atoms with Gasteiger partial charge in [0.2, 0.25) is 0 Å². The number of nitrogens with two attached hydrogens (primary N) is 1. The van der Waals surface area contributed by atoms with Crippen LogP contribution >= 0.6 is 0 Å². The van der Waals surface area contributed by atoms with Crippen LogP contribution in [0.2, 0.25) is 0 Å². The lowest BCUT2D eigenvalue weighted by atomic mass is 10.1. The molecular weight excluding hydrogens is 314 g/mol. The summed E-state index contributed by atoms with van der Waals surface area (Å²) in [6, 6.07) is 15.2. The summed E-state index contributed by atoms with van der Waals surface area (Å²) in [7, 11) is 0. The average molecular weight is 337 g/mol. The molecule has 0 amide bonds. The lowest BCUT2D eigenvalue weighted by Crippen LogP contribution is -2.42. The van der Waals surface area contributed by atoms with E-state index in [1.165, 1.54) is 0 Å². The van der Waals surface area contributed by atoms with E-state index < -0.39 is 12.3 Å². The second-order valence-corrected chi connectivity index (χ2v) is 5.91. The van der Waals surface area contributed by atoms with Gasteiger partial charge in [-0.25, -0.2) is 4.68 Å². The SMILES string of the molecule is CCn1nc(-c2ccncc2)cc1NC(O)C(N)Cc1ccccc1. The van der Waals surface area contributed by atoms with Crippen LogP contribution in [0.3, 0.4) is 0 Å². The Hall–Kier alpha value is -2.70. The third-order valence-electron chi connectivity index (χ3n) is 4.07. The van der Waals surface area contributed by atoms with Gasteiger partial charge < -0.3 is 16.2 Å². The molecule has 3 aromatic rings. The fourth-order valence-electron chi connectivity index (χ4n) is 2.69. The standard InChI is InChI=1S/C19H23N5O/c1-2-24-18(13-17(23-24)15-8-10-21-11-9-15)22-19(25)16(20)12-14-6-4-3-5-7-14/h3-11,13,16,19,22,25H,2,12,20H2,1H3. The van der Waals surface area contributed by atoms with Crippen LogP contribution in [0, 0.1) is 0 Å². The summed E-state index contributed by atoms with van der Waals surface area (Å²) >= 11 is 0. The highest BCUT2D eigenvalue weighted by Gasteiger charge is 2.18. The number of nitrogens with zero attached hydrogens (tertiary/aromatic N) is 3. The zero-order valence-corrected chi connectivity index (χ0v) is 14.2. The molecule has 0 saturated carbocycles. The third kappa shape index (κ3) is 4.23. The van der Waals surface area contributed by atoms with E-state index >= 15 is 0 Å². The fourth-order valence-corrected chi connectivity index (χ4v) is 2.69. The zero-order chi connectivity index (χ0) is 17.6. The maximum Gasteiger partial charge on any atom is 0.141 e. The minimum atomic E-state index is -0.868. The number of aliphatic hydroxyl groups is 1. The molecule has 0 aliphatic rings. The number of aliphatic hydroxyl groups excluding tert-OH is 1. The molecule has 2 atom stereocenters. The summed E-state index contributed by atoms with van der Waals surface area (Å²) in [6.45, 7) is 2.69. The first-order valence-corrected chi connectivity index (χ1v) is 8.39. The third-order valence-corrected chi connectivity index (χ3v) is 4.07. The Morgan fingerprint density at radius 3 is 2.56 bits per heavy atom. The van der Waals surface area contributed by atoms with Crippen molar-refractivity contribution in [1.82, 2.24) is 14.8 Å². The van der Waals surface area contributed by atoms with Gasteiger partial charge in [0.1, 0.15) is 12.0 Å². The number of hydrogen-bond donors (Lipinski definition) is 3. The van der Waals surface area contributed by atoms with E-state index in [4.69, 9.17) is 5.73 Å². The first-order valence-electron chi connectivity index (χ1n) is 8.39. The minimum absolute atomic E-state index is 0.424. The van der Waals surface area contributed by atoms with Crippen molar-refractivity contribution in [2.24, 2.45) is 5.73 Å². The van der Waals surface area contributed by atoms with Crippen LogP contribution in [0.5, 0.6) is 0 Å². The van der Waals surface area contributed by atoms with Gasteiger partial charge in [-0.1, -0.05) is 30.3 Å². The quantitative estimate of drug-likeness (QED) is 0.576. The largest absolute Gasteiger partial charge is 0.372 e. The van der Waals surface area contributed by atoms with Crippen molar-refractivity contribution in [3.8, 4) is 11.3 Å². The molecule has 6 nitrogen and oxygen atoms in total. The summed E-state index contributed by atoms with van der Waals surface area (Å²) in [4.78, 5) is 4.02. The van der Waals surface area contributed by atoms with Crippen molar-refractivity contribution < 1.29 is 5.11 Å². The molecule has 0 aliphatic carbocycles. The Morgan fingerprint density at radius 1 is 1.16 bits per heavy atom. The Bertz CT molecular complexity index is 788. The Morgan fingerprint density at radius 2 is 1.88 bits per heavy atom. The molecular formula is C19H23N5O. The van der Waals surface area contributed by atoms with Crippen LogP contribution in [0.1, 0.15) is 12.5 Å². The van der Waals surface area contributed by atoms with E-state index in [0.717, 1.165) is 22.6 Å². The van der Waals surface area contributed by atoms with Crippen LogP contribution < -0.4 is 11.1 Å². The predicted molar refractivity (Wildman–Crippen MR) is 98.9 cm³/mol. The Labute approximate surface area is 147 Å². The average Bonchev–Trinajstić information content (AvgIpc) is 3.06. The molecule has 0 radical (unpaired) electrons. The van der Waals surface area contributed by atoms with Gasteiger partial charge in [0.25, 0.3) is 0 Å². The molecule has 6 heteroatoms. The predicted octanol–water partition coefficient (Wildman–Crippen LogP) is 2.27. The van der Waals surface area contributed by atoms with Crippen LogP contribution in [-0.2, 0) is 13.0 Å². The molecule has 25 heavy (non-hydrogen) atoms. The maximum atomic E-state index is 10.4. The van der Waals surface area contributed by atoms with Crippen molar-refractivity contribution in [3.05, 3.63) is 66.5 Å². The number of aromatic nitrogens is 3. The summed E-state index contributed by atoms with van der Waals surface area (Å²) < 4.78 is 1.81. The Kier molecular flexibility index (Phi) is 5.42. The number of pyridine rings is 1. The Balaban J connectivity index is 1.72. The van der Waals surface area contributed by atoms with Gasteiger partial charge in [-0.15, -0.1) is 0 Å². The molecule has 3 rings (SSSR count). The smallest absolute Gasteiger partial charge is 0.141 e. The summed E-state index contributed by atoms with van der Waals surface area (Å²) in [5, 5.41) is 18.1. The topological polar surface area (TPSA) is 89.0 Å². The van der Waals surface area contributed by atoms with Crippen LogP contribution in [-0.4, -0.2) is 32.1 Å². The van der Waals surface area contributed by atoms with E-state index in [9.17, 15) is 5.11 Å². The van der Waals surface area contributed by atoms with E-state index in [1.54, 1.807) is 12.4 Å². The van der Waals surface area contributed by atoms with Crippen LogP contribution in [0.25, 0.3) is 11.3 Å². The normalized spacial score (nSPS) is 13.4. The number of rotatable bonds is 7. The van der Waals surface area contributed by atoms with Crippen LogP contribution in [0.15, 0.2) is 60.9 Å². The van der Waals surface area contributed by atoms with Crippen molar-refractivity contribution in [2.45, 2.75) is 32.2 Å². The van der Waals surface area contributed by atoms with Gasteiger partial charge in [-0.05, 0) is 31.0 Å². The lowest BCUT2D eigenvalue weighted by Gasteiger charge is -2.21. The second kappa shape index (κ2) is 7.92. The van der Waals surface area contributed by atoms with Crippen LogP contribution in [0.4, 0.5) is 5.82 Å². The number of anilines is 1. The highest BCUT2D eigenvalue weighted by molar-refractivity contribution is 5.62. The summed E-state index contributed by atoms with van der Waals surface area (Å²) in [5.74, 6) is 0.741. The highest BCUT2D eigenvalue weighted by Crippen LogP contribution is 2.22. The molecule has 0 aliphatic heterocycles. The van der Waals surface area contributed by atoms with Crippen molar-refractivity contribution in [1.29, 1.82) is 0 Å². The van der Waals surface area contributed by atoms with Gasteiger partial charge in [0.05, 0.1) is 11.7 Å². The molecule has 2 unspecified atom stereocenters. The molecule has 0 bridgehead atoms. The van der Waals surface area contributed by atoms with Crippen molar-refractivity contribution in [3.63, 3.8) is 0 Å². The van der Waals surface area contributed by atoms with Gasteiger partial charge >= 0.3 is 0 Å². The van der Waals surface area contributed by atoms with Crippen molar-refractivity contribution in [2.75, 3.05) is 5.32 Å².